The maximum absolute atomic E-state index is 4.02. The zero-order valence-electron chi connectivity index (χ0n) is 11.4. The van der Waals surface area contributed by atoms with Gasteiger partial charge in [0.05, 0.1) is 0 Å². The zero-order chi connectivity index (χ0) is 13.4. The van der Waals surface area contributed by atoms with Crippen LogP contribution in [0, 0.1) is 0 Å². The monoisotopic (exact) mass is 239 g/mol. The Morgan fingerprint density at radius 3 is 1.83 bits per heavy atom. The van der Waals surface area contributed by atoms with Gasteiger partial charge in [0, 0.05) is 12.4 Å². The standard InChI is InChI=1S/C14H15N.C3H6/c1-11(2)12-3-5-13(6-4-12)14-7-9-15-10-8-14;1-3-2/h3-11H,1-2H3;3H,1H2,2H3. The summed E-state index contributed by atoms with van der Waals surface area (Å²) in [6, 6.07) is 12.8. The molecule has 18 heavy (non-hydrogen) atoms. The first-order chi connectivity index (χ1) is 8.69. The van der Waals surface area contributed by atoms with Gasteiger partial charge in [-0.2, -0.15) is 0 Å². The number of nitrogens with zero attached hydrogens (tertiary/aromatic N) is 1. The van der Waals surface area contributed by atoms with Crippen molar-refractivity contribution < 1.29 is 0 Å². The predicted octanol–water partition coefficient (Wildman–Crippen LogP) is 5.06. The van der Waals surface area contributed by atoms with Crippen molar-refractivity contribution >= 4 is 0 Å². The molecule has 1 heterocycles. The lowest BCUT2D eigenvalue weighted by atomic mass is 9.99. The third-order valence-electron chi connectivity index (χ3n) is 2.59. The van der Waals surface area contributed by atoms with Crippen molar-refractivity contribution in [1.82, 2.24) is 4.98 Å². The fourth-order valence-corrected chi connectivity index (χ4v) is 1.60. The molecule has 0 aliphatic carbocycles. The second-order valence-electron chi connectivity index (χ2n) is 4.42. The molecule has 0 saturated carbocycles. The van der Waals surface area contributed by atoms with E-state index in [-0.39, 0.29) is 0 Å². The van der Waals surface area contributed by atoms with Crippen LogP contribution < -0.4 is 0 Å². The highest BCUT2D eigenvalue weighted by Gasteiger charge is 2.00. The Kier molecular flexibility index (Phi) is 5.86. The molecule has 0 radical (unpaired) electrons. The van der Waals surface area contributed by atoms with E-state index >= 15 is 0 Å². The molecule has 1 nitrogen and oxygen atoms in total. The van der Waals surface area contributed by atoms with Crippen molar-refractivity contribution in [2.24, 2.45) is 0 Å². The molecular formula is C17H21N. The maximum Gasteiger partial charge on any atom is 0.0273 e. The fourth-order valence-electron chi connectivity index (χ4n) is 1.60. The van der Waals surface area contributed by atoms with Crippen LogP contribution in [0.3, 0.4) is 0 Å². The van der Waals surface area contributed by atoms with Crippen LogP contribution in [0.5, 0.6) is 0 Å². The average molecular weight is 239 g/mol. The molecule has 2 aromatic rings. The predicted molar refractivity (Wildman–Crippen MR) is 79.6 cm³/mol. The van der Waals surface area contributed by atoms with E-state index in [2.05, 4.69) is 49.7 Å². The van der Waals surface area contributed by atoms with Gasteiger partial charge in [-0.05, 0) is 41.7 Å². The van der Waals surface area contributed by atoms with Crippen molar-refractivity contribution in [3.05, 3.63) is 67.0 Å². The molecule has 0 aliphatic rings. The Balaban J connectivity index is 0.000000492. The molecule has 0 atom stereocenters. The molecule has 0 fully saturated rings. The van der Waals surface area contributed by atoms with E-state index in [9.17, 15) is 0 Å². The van der Waals surface area contributed by atoms with E-state index in [1.807, 2.05) is 31.5 Å². The molecule has 2 rings (SSSR count). The van der Waals surface area contributed by atoms with Gasteiger partial charge in [0.1, 0.15) is 0 Å². The molecule has 94 valence electrons. The zero-order valence-corrected chi connectivity index (χ0v) is 11.4. The van der Waals surface area contributed by atoms with Crippen molar-refractivity contribution in [2.45, 2.75) is 26.7 Å². The van der Waals surface area contributed by atoms with E-state index < -0.39 is 0 Å². The minimum Gasteiger partial charge on any atom is -0.265 e. The Morgan fingerprint density at radius 2 is 1.39 bits per heavy atom. The maximum atomic E-state index is 4.02. The Labute approximate surface area is 110 Å². The van der Waals surface area contributed by atoms with Gasteiger partial charge in [0.15, 0.2) is 0 Å². The number of allylic oxidation sites excluding steroid dienone is 1. The highest BCUT2D eigenvalue weighted by Crippen LogP contribution is 2.21. The third kappa shape index (κ3) is 4.17. The topological polar surface area (TPSA) is 12.9 Å². The molecule has 1 heteroatoms. The summed E-state index contributed by atoms with van der Waals surface area (Å²) in [4.78, 5) is 4.02. The number of hydrogen-bond acceptors (Lipinski definition) is 1. The summed E-state index contributed by atoms with van der Waals surface area (Å²) in [6.07, 6.45) is 5.40. The summed E-state index contributed by atoms with van der Waals surface area (Å²) in [7, 11) is 0. The summed E-state index contributed by atoms with van der Waals surface area (Å²) < 4.78 is 0. The van der Waals surface area contributed by atoms with Gasteiger partial charge < -0.3 is 0 Å². The summed E-state index contributed by atoms with van der Waals surface area (Å²) in [6.45, 7) is 9.67. The lowest BCUT2D eigenvalue weighted by Gasteiger charge is -2.06. The number of benzene rings is 1. The van der Waals surface area contributed by atoms with Crippen molar-refractivity contribution in [3.63, 3.8) is 0 Å². The molecule has 0 N–H and O–H groups in total. The minimum atomic E-state index is 0.594. The molecule has 0 bridgehead atoms. The molecule has 1 aromatic heterocycles. The van der Waals surface area contributed by atoms with E-state index in [1.54, 1.807) is 6.08 Å². The SMILES string of the molecule is C=CC.CC(C)c1ccc(-c2ccncc2)cc1. The van der Waals surface area contributed by atoms with E-state index in [0.29, 0.717) is 5.92 Å². The van der Waals surface area contributed by atoms with Crippen molar-refractivity contribution in [1.29, 1.82) is 0 Å². The number of rotatable bonds is 2. The van der Waals surface area contributed by atoms with Gasteiger partial charge in [0.2, 0.25) is 0 Å². The lowest BCUT2D eigenvalue weighted by molar-refractivity contribution is 0.867. The van der Waals surface area contributed by atoms with E-state index in [0.717, 1.165) is 0 Å². The van der Waals surface area contributed by atoms with Gasteiger partial charge in [-0.1, -0.05) is 44.2 Å². The smallest absolute Gasteiger partial charge is 0.0273 e. The normalized spacial score (nSPS) is 9.56. The van der Waals surface area contributed by atoms with E-state index in [4.69, 9.17) is 0 Å². The molecule has 0 amide bonds. The Hall–Kier alpha value is -1.89. The molecule has 0 unspecified atom stereocenters. The molecule has 0 spiro atoms. The largest absolute Gasteiger partial charge is 0.265 e. The van der Waals surface area contributed by atoms with Crippen LogP contribution in [0.1, 0.15) is 32.3 Å². The van der Waals surface area contributed by atoms with Crippen LogP contribution in [0.15, 0.2) is 61.4 Å². The van der Waals surface area contributed by atoms with Gasteiger partial charge >= 0.3 is 0 Å². The Bertz CT molecular complexity index is 455. The summed E-state index contributed by atoms with van der Waals surface area (Å²) >= 11 is 0. The third-order valence-corrected chi connectivity index (χ3v) is 2.59. The van der Waals surface area contributed by atoms with Crippen LogP contribution in [0.4, 0.5) is 0 Å². The first-order valence-electron chi connectivity index (χ1n) is 6.26. The van der Waals surface area contributed by atoms with Crippen LogP contribution in [0.25, 0.3) is 11.1 Å². The van der Waals surface area contributed by atoms with Crippen LogP contribution >= 0.6 is 0 Å². The highest BCUT2D eigenvalue weighted by molar-refractivity contribution is 5.62. The number of hydrogen-bond donors (Lipinski definition) is 0. The van der Waals surface area contributed by atoms with Crippen molar-refractivity contribution in [2.75, 3.05) is 0 Å². The van der Waals surface area contributed by atoms with Gasteiger partial charge in [-0.25, -0.2) is 0 Å². The van der Waals surface area contributed by atoms with Crippen LogP contribution in [0.2, 0.25) is 0 Å². The molecule has 0 saturated heterocycles. The van der Waals surface area contributed by atoms with Crippen LogP contribution in [-0.4, -0.2) is 4.98 Å². The fraction of sp³-hybridized carbons (Fsp3) is 0.235. The lowest BCUT2D eigenvalue weighted by Crippen LogP contribution is -1.86. The Morgan fingerprint density at radius 1 is 0.944 bits per heavy atom. The van der Waals surface area contributed by atoms with E-state index in [1.165, 1.54) is 16.7 Å². The number of aromatic nitrogens is 1. The highest BCUT2D eigenvalue weighted by atomic mass is 14.6. The number of pyridine rings is 1. The minimum absolute atomic E-state index is 0.594. The van der Waals surface area contributed by atoms with Crippen molar-refractivity contribution in [3.8, 4) is 11.1 Å². The summed E-state index contributed by atoms with van der Waals surface area (Å²) in [5.41, 5.74) is 3.86. The molecule has 1 aromatic carbocycles. The van der Waals surface area contributed by atoms with Gasteiger partial charge in [0.25, 0.3) is 0 Å². The quantitative estimate of drug-likeness (QED) is 0.667. The van der Waals surface area contributed by atoms with Gasteiger partial charge in [-0.3, -0.25) is 4.98 Å². The average Bonchev–Trinajstić information content (AvgIpc) is 2.41. The second kappa shape index (κ2) is 7.44. The first kappa shape index (κ1) is 14.2. The van der Waals surface area contributed by atoms with Gasteiger partial charge in [-0.15, -0.1) is 6.58 Å². The van der Waals surface area contributed by atoms with Crippen LogP contribution in [-0.2, 0) is 0 Å². The summed E-state index contributed by atoms with van der Waals surface area (Å²) in [5.74, 6) is 0.594. The molecular weight excluding hydrogens is 218 g/mol. The summed E-state index contributed by atoms with van der Waals surface area (Å²) in [5, 5.41) is 0. The molecule has 0 aliphatic heterocycles. The first-order valence-corrected chi connectivity index (χ1v) is 6.26. The second-order valence-corrected chi connectivity index (χ2v) is 4.42.